The fourth-order valence-electron chi connectivity index (χ4n) is 4.11. The van der Waals surface area contributed by atoms with Gasteiger partial charge in [0.05, 0.1) is 26.1 Å². The van der Waals surface area contributed by atoms with Crippen molar-refractivity contribution in [1.82, 2.24) is 24.5 Å². The van der Waals surface area contributed by atoms with Crippen molar-refractivity contribution in [3.8, 4) is 11.8 Å². The first-order valence-corrected chi connectivity index (χ1v) is 13.8. The number of nitrogens with zero attached hydrogens (tertiary/aromatic N) is 5. The zero-order valence-electron chi connectivity index (χ0n) is 22.6. The fourth-order valence-corrected chi connectivity index (χ4v) is 4.57. The molecule has 0 atom stereocenters. The quantitative estimate of drug-likeness (QED) is 0.195. The van der Waals surface area contributed by atoms with Crippen LogP contribution in [0.25, 0.3) is 0 Å². The molecule has 0 amide bonds. The Morgan fingerprint density at radius 2 is 1.77 bits per heavy atom. The minimum atomic E-state index is -0.935. The van der Waals surface area contributed by atoms with Gasteiger partial charge in [-0.25, -0.2) is 0 Å². The molecule has 4 rings (SSSR count). The second-order valence-electron chi connectivity index (χ2n) is 9.68. The molecule has 1 N–H and O–H groups in total. The molecule has 0 unspecified atom stereocenters. The summed E-state index contributed by atoms with van der Waals surface area (Å²) in [5.41, 5.74) is 3.47. The van der Waals surface area contributed by atoms with Gasteiger partial charge in [-0.15, -0.1) is 10.2 Å². The maximum Gasteiger partial charge on any atom is 0.308 e. The summed E-state index contributed by atoms with van der Waals surface area (Å²) in [6.07, 6.45) is 2.90. The zero-order valence-corrected chi connectivity index (χ0v) is 24.1. The van der Waals surface area contributed by atoms with E-state index in [2.05, 4.69) is 10.2 Å². The van der Waals surface area contributed by atoms with Gasteiger partial charge in [0.2, 0.25) is 11.8 Å². The smallest absolute Gasteiger partial charge is 0.308 e. The fraction of sp³-hybridized carbons (Fsp3) is 0.345. The van der Waals surface area contributed by atoms with Crippen LogP contribution in [0.15, 0.2) is 60.8 Å². The van der Waals surface area contributed by atoms with Crippen molar-refractivity contribution in [2.75, 3.05) is 33.9 Å². The van der Waals surface area contributed by atoms with Crippen LogP contribution in [0.4, 0.5) is 0 Å². The molecule has 4 aromatic rings. The Balaban J connectivity index is 1.42. The number of aliphatic carboxylic acids is 1. The minimum Gasteiger partial charge on any atom is -0.481 e. The Morgan fingerprint density at radius 3 is 2.50 bits per heavy atom. The lowest BCUT2D eigenvalue weighted by Crippen LogP contribution is -2.19. The first-order chi connectivity index (χ1) is 19.3. The van der Waals surface area contributed by atoms with E-state index >= 15 is 0 Å². The third-order valence-corrected chi connectivity index (χ3v) is 6.70. The van der Waals surface area contributed by atoms with Crippen molar-refractivity contribution in [1.29, 1.82) is 0 Å². The summed E-state index contributed by atoms with van der Waals surface area (Å²) in [5.74, 6) is -0.0468. The molecule has 0 aliphatic carbocycles. The highest BCUT2D eigenvalue weighted by Gasteiger charge is 2.15. The van der Waals surface area contributed by atoms with Crippen LogP contribution in [0.5, 0.6) is 11.8 Å². The first kappa shape index (κ1) is 29.5. The van der Waals surface area contributed by atoms with Crippen LogP contribution in [0.3, 0.4) is 0 Å². The van der Waals surface area contributed by atoms with E-state index < -0.39 is 5.97 Å². The van der Waals surface area contributed by atoms with Crippen molar-refractivity contribution in [2.45, 2.75) is 32.4 Å². The molecule has 40 heavy (non-hydrogen) atoms. The number of carbonyl (C=O) groups is 1. The second-order valence-corrected chi connectivity index (χ2v) is 10.5. The second kappa shape index (κ2) is 14.2. The normalized spacial score (nSPS) is 11.2. The van der Waals surface area contributed by atoms with Gasteiger partial charge in [0.25, 0.3) is 0 Å². The number of ether oxygens (including phenoxy) is 2. The molecule has 0 saturated carbocycles. The Kier molecular flexibility index (Phi) is 10.5. The number of carboxylic acid groups (broad SMARTS) is 1. The lowest BCUT2D eigenvalue weighted by atomic mass is 10.2. The average molecular weight is 587 g/mol. The molecule has 0 fully saturated rings. The Hall–Kier alpha value is -3.53. The van der Waals surface area contributed by atoms with E-state index in [-0.39, 0.29) is 6.42 Å². The molecule has 0 aliphatic rings. The Labute approximate surface area is 243 Å². The van der Waals surface area contributed by atoms with Crippen LogP contribution in [-0.2, 0) is 30.7 Å². The molecule has 0 spiro atoms. The monoisotopic (exact) mass is 585 g/mol. The SMILES string of the molecule is CN(C)CCOc1cc(CCCOc2nn(Cc3ccccc3)cc2CC(=O)O)n(Cc2ccc(Cl)cc2Cl)n1. The molecule has 2 heterocycles. The highest BCUT2D eigenvalue weighted by atomic mass is 35.5. The third kappa shape index (κ3) is 8.74. The summed E-state index contributed by atoms with van der Waals surface area (Å²) >= 11 is 12.5. The average Bonchev–Trinajstić information content (AvgIpc) is 3.46. The topological polar surface area (TPSA) is 94.6 Å². The van der Waals surface area contributed by atoms with Crippen LogP contribution in [0.1, 0.15) is 28.8 Å². The summed E-state index contributed by atoms with van der Waals surface area (Å²) in [4.78, 5) is 13.5. The van der Waals surface area contributed by atoms with Crippen LogP contribution in [-0.4, -0.2) is 69.4 Å². The Bertz CT molecular complexity index is 1400. The zero-order chi connectivity index (χ0) is 28.5. The standard InChI is InChI=1S/C29H33Cl2N5O4/c1-34(2)12-14-39-27-17-25(36(32-27)20-22-10-11-24(30)16-26(22)31)9-6-13-40-29-23(15-28(37)38)19-35(33-29)18-21-7-4-3-5-8-21/h3-5,7-8,10-11,16-17,19H,6,9,12-15,18,20H2,1-2H3,(H,37,38). The highest BCUT2D eigenvalue weighted by Crippen LogP contribution is 2.24. The van der Waals surface area contributed by atoms with Gasteiger partial charge in [0.15, 0.2) is 0 Å². The van der Waals surface area contributed by atoms with E-state index in [1.165, 1.54) is 0 Å². The summed E-state index contributed by atoms with van der Waals surface area (Å²) in [6, 6.07) is 17.2. The van der Waals surface area contributed by atoms with Crippen molar-refractivity contribution in [2.24, 2.45) is 0 Å². The van der Waals surface area contributed by atoms with Gasteiger partial charge in [-0.2, -0.15) is 0 Å². The molecule has 11 heteroatoms. The number of hydrogen-bond donors (Lipinski definition) is 1. The molecule has 212 valence electrons. The predicted octanol–water partition coefficient (Wildman–Crippen LogP) is 5.06. The van der Waals surface area contributed by atoms with Gasteiger partial charge >= 0.3 is 5.97 Å². The van der Waals surface area contributed by atoms with Crippen molar-refractivity contribution in [3.05, 3.63) is 93.2 Å². The van der Waals surface area contributed by atoms with Crippen LogP contribution >= 0.6 is 23.2 Å². The lowest BCUT2D eigenvalue weighted by molar-refractivity contribution is -0.136. The van der Waals surface area contributed by atoms with Crippen LogP contribution < -0.4 is 9.47 Å². The van der Waals surface area contributed by atoms with Gasteiger partial charge in [-0.3, -0.25) is 14.2 Å². The molecule has 0 saturated heterocycles. The van der Waals surface area contributed by atoms with E-state index in [4.69, 9.17) is 32.7 Å². The van der Waals surface area contributed by atoms with Crippen molar-refractivity contribution < 1.29 is 19.4 Å². The largest absolute Gasteiger partial charge is 0.481 e. The molecule has 9 nitrogen and oxygen atoms in total. The van der Waals surface area contributed by atoms with E-state index in [0.717, 1.165) is 23.4 Å². The van der Waals surface area contributed by atoms with E-state index in [0.29, 0.717) is 66.5 Å². The number of carboxylic acids is 1. The number of aryl methyl sites for hydroxylation is 1. The summed E-state index contributed by atoms with van der Waals surface area (Å²) in [5, 5.41) is 19.7. The van der Waals surface area contributed by atoms with Gasteiger partial charge in [0, 0.05) is 40.1 Å². The third-order valence-electron chi connectivity index (χ3n) is 6.11. The number of aromatic nitrogens is 4. The number of rotatable bonds is 15. The highest BCUT2D eigenvalue weighted by molar-refractivity contribution is 6.35. The molecule has 2 aromatic carbocycles. The summed E-state index contributed by atoms with van der Waals surface area (Å²) in [7, 11) is 3.98. The predicted molar refractivity (Wildman–Crippen MR) is 155 cm³/mol. The van der Waals surface area contributed by atoms with Gasteiger partial charge in [-0.05, 0) is 50.2 Å². The molecule has 0 aliphatic heterocycles. The molecular formula is C29H33Cl2N5O4. The van der Waals surface area contributed by atoms with Gasteiger partial charge < -0.3 is 19.5 Å². The lowest BCUT2D eigenvalue weighted by Gasteiger charge is -2.10. The molecular weight excluding hydrogens is 553 g/mol. The van der Waals surface area contributed by atoms with Crippen molar-refractivity contribution in [3.63, 3.8) is 0 Å². The number of likely N-dealkylation sites (N-methyl/N-ethyl adjacent to an activating group) is 1. The molecule has 0 radical (unpaired) electrons. The van der Waals surface area contributed by atoms with Crippen LogP contribution in [0.2, 0.25) is 10.0 Å². The van der Waals surface area contributed by atoms with E-state index in [1.807, 2.05) is 66.1 Å². The first-order valence-electron chi connectivity index (χ1n) is 13.0. The number of hydrogen-bond acceptors (Lipinski definition) is 6. The molecule has 2 aromatic heterocycles. The summed E-state index contributed by atoms with van der Waals surface area (Å²) < 4.78 is 15.4. The van der Waals surface area contributed by atoms with E-state index in [9.17, 15) is 9.90 Å². The van der Waals surface area contributed by atoms with Crippen molar-refractivity contribution >= 4 is 29.2 Å². The number of halogens is 2. The minimum absolute atomic E-state index is 0.160. The molecule has 0 bridgehead atoms. The summed E-state index contributed by atoms with van der Waals surface area (Å²) in [6.45, 7) is 2.65. The number of benzene rings is 2. The van der Waals surface area contributed by atoms with E-state index in [1.54, 1.807) is 23.0 Å². The van der Waals surface area contributed by atoms with Gasteiger partial charge in [-0.1, -0.05) is 59.6 Å². The van der Waals surface area contributed by atoms with Crippen LogP contribution in [0, 0.1) is 0 Å². The maximum atomic E-state index is 11.4. The maximum absolute atomic E-state index is 11.4. The Morgan fingerprint density at radius 1 is 0.975 bits per heavy atom. The van der Waals surface area contributed by atoms with Gasteiger partial charge in [0.1, 0.15) is 6.61 Å².